The fourth-order valence-corrected chi connectivity index (χ4v) is 4.60. The number of hydrogen-bond acceptors (Lipinski definition) is 7. The van der Waals surface area contributed by atoms with Crippen molar-refractivity contribution in [2.45, 2.75) is 13.2 Å². The molecule has 4 rings (SSSR count). The van der Waals surface area contributed by atoms with E-state index in [-0.39, 0.29) is 33.0 Å². The average Bonchev–Trinajstić information content (AvgIpc) is 3.39. The zero-order chi connectivity index (χ0) is 24.2. The highest BCUT2D eigenvalue weighted by molar-refractivity contribution is 8.18. The van der Waals surface area contributed by atoms with Crippen LogP contribution in [-0.4, -0.2) is 29.1 Å². The van der Waals surface area contributed by atoms with Crippen LogP contribution in [0.1, 0.15) is 27.4 Å². The zero-order valence-electron chi connectivity index (χ0n) is 17.7. The van der Waals surface area contributed by atoms with Gasteiger partial charge in [0, 0.05) is 0 Å². The first-order valence-electron chi connectivity index (χ1n) is 9.94. The summed E-state index contributed by atoms with van der Waals surface area (Å²) in [4.78, 5) is 38.0. The van der Waals surface area contributed by atoms with Crippen LogP contribution in [0, 0.1) is 0 Å². The van der Waals surface area contributed by atoms with Crippen LogP contribution in [0.4, 0.5) is 4.79 Å². The summed E-state index contributed by atoms with van der Waals surface area (Å²) in [5, 5.41) is 0.0898. The summed E-state index contributed by atoms with van der Waals surface area (Å²) < 4.78 is 15.7. The van der Waals surface area contributed by atoms with Gasteiger partial charge in [-0.15, -0.1) is 0 Å². The molecule has 1 fully saturated rings. The van der Waals surface area contributed by atoms with Gasteiger partial charge in [0.15, 0.2) is 5.75 Å². The first kappa shape index (κ1) is 23.9. The molecule has 7 nitrogen and oxygen atoms in total. The Bertz CT molecular complexity index is 1260. The van der Waals surface area contributed by atoms with E-state index in [9.17, 15) is 14.4 Å². The third-order valence-electron chi connectivity index (χ3n) is 4.78. The third kappa shape index (κ3) is 5.30. The molecule has 0 N–H and O–H groups in total. The SMILES string of the molecule is COC(=O)c1ccc(CN2C(=O)S/C(=C/c3cc(Cl)c(OCc4ccccc4)c(Cl)c3)C2=O)o1. The summed E-state index contributed by atoms with van der Waals surface area (Å²) in [6.45, 7) is 0.176. The molecule has 0 bridgehead atoms. The Morgan fingerprint density at radius 3 is 2.47 bits per heavy atom. The van der Waals surface area contributed by atoms with Gasteiger partial charge >= 0.3 is 5.97 Å². The second-order valence-corrected chi connectivity index (χ2v) is 8.92. The predicted molar refractivity (Wildman–Crippen MR) is 129 cm³/mol. The largest absolute Gasteiger partial charge is 0.486 e. The Labute approximate surface area is 209 Å². The van der Waals surface area contributed by atoms with Gasteiger partial charge in [-0.2, -0.15) is 0 Å². The van der Waals surface area contributed by atoms with Crippen LogP contribution in [0.2, 0.25) is 10.0 Å². The van der Waals surface area contributed by atoms with Crippen LogP contribution in [0.25, 0.3) is 6.08 Å². The fourth-order valence-electron chi connectivity index (χ4n) is 3.15. The van der Waals surface area contributed by atoms with Crippen LogP contribution in [0.5, 0.6) is 5.75 Å². The van der Waals surface area contributed by atoms with E-state index in [1.807, 2.05) is 30.3 Å². The van der Waals surface area contributed by atoms with Gasteiger partial charge < -0.3 is 13.9 Å². The van der Waals surface area contributed by atoms with E-state index in [2.05, 4.69) is 4.74 Å². The van der Waals surface area contributed by atoms with Gasteiger partial charge in [0.25, 0.3) is 11.1 Å². The highest BCUT2D eigenvalue weighted by Crippen LogP contribution is 2.38. The molecule has 34 heavy (non-hydrogen) atoms. The molecular formula is C24H17Cl2NO6S. The maximum atomic E-state index is 12.8. The number of carbonyl (C=O) groups is 3. The number of imide groups is 1. The van der Waals surface area contributed by atoms with Gasteiger partial charge in [-0.05, 0) is 53.2 Å². The monoisotopic (exact) mass is 517 g/mol. The zero-order valence-corrected chi connectivity index (χ0v) is 20.1. The maximum Gasteiger partial charge on any atom is 0.373 e. The number of furan rings is 1. The standard InChI is InChI=1S/C24H17Cl2NO6S/c1-31-23(29)19-8-7-16(33-19)12-27-22(28)20(34-24(27)30)11-15-9-17(25)21(18(26)10-15)32-13-14-5-3-2-4-6-14/h2-11H,12-13H2,1H3/b20-11+. The smallest absolute Gasteiger partial charge is 0.373 e. The van der Waals surface area contributed by atoms with Gasteiger partial charge in [-0.25, -0.2) is 4.79 Å². The summed E-state index contributed by atoms with van der Waals surface area (Å²) >= 11 is 13.5. The van der Waals surface area contributed by atoms with Gasteiger partial charge in [-0.3, -0.25) is 14.5 Å². The Kier molecular flexibility index (Phi) is 7.31. The molecule has 0 spiro atoms. The summed E-state index contributed by atoms with van der Waals surface area (Å²) in [6, 6.07) is 15.7. The number of carbonyl (C=O) groups excluding carboxylic acids is 3. The minimum absolute atomic E-state index is 0.0149. The Hall–Kier alpha value is -3.20. The molecular weight excluding hydrogens is 501 g/mol. The van der Waals surface area contributed by atoms with Crippen molar-refractivity contribution in [3.63, 3.8) is 0 Å². The van der Waals surface area contributed by atoms with Gasteiger partial charge in [0.1, 0.15) is 12.4 Å². The third-order valence-corrected chi connectivity index (χ3v) is 6.25. The summed E-state index contributed by atoms with van der Waals surface area (Å²) in [5.74, 6) is -0.557. The first-order valence-corrected chi connectivity index (χ1v) is 11.5. The molecule has 1 aromatic heterocycles. The van der Waals surface area contributed by atoms with E-state index in [1.54, 1.807) is 12.1 Å². The molecule has 1 aliphatic heterocycles. The van der Waals surface area contributed by atoms with Crippen molar-refractivity contribution in [1.29, 1.82) is 0 Å². The Balaban J connectivity index is 1.48. The molecule has 0 radical (unpaired) electrons. The number of esters is 1. The normalized spacial score (nSPS) is 14.7. The second-order valence-electron chi connectivity index (χ2n) is 7.11. The van der Waals surface area contributed by atoms with E-state index >= 15 is 0 Å². The number of amides is 2. The molecule has 10 heteroatoms. The van der Waals surface area contributed by atoms with Crippen molar-refractivity contribution in [3.8, 4) is 5.75 Å². The highest BCUT2D eigenvalue weighted by atomic mass is 35.5. The molecule has 1 saturated heterocycles. The topological polar surface area (TPSA) is 86.0 Å². The molecule has 2 amide bonds. The van der Waals surface area contributed by atoms with Gasteiger partial charge in [0.2, 0.25) is 5.76 Å². The fraction of sp³-hybridized carbons (Fsp3) is 0.125. The van der Waals surface area contributed by atoms with Crippen LogP contribution in [-0.2, 0) is 22.7 Å². The van der Waals surface area contributed by atoms with E-state index in [4.69, 9.17) is 32.4 Å². The van der Waals surface area contributed by atoms with Crippen molar-refractivity contribution in [1.82, 2.24) is 4.90 Å². The lowest BCUT2D eigenvalue weighted by Crippen LogP contribution is -2.27. The number of benzene rings is 2. The van der Waals surface area contributed by atoms with E-state index in [0.29, 0.717) is 17.9 Å². The van der Waals surface area contributed by atoms with E-state index < -0.39 is 17.1 Å². The number of methoxy groups -OCH3 is 1. The molecule has 2 heterocycles. The lowest BCUT2D eigenvalue weighted by atomic mass is 10.2. The van der Waals surface area contributed by atoms with Crippen molar-refractivity contribution < 1.29 is 28.3 Å². The molecule has 1 aliphatic rings. The Morgan fingerprint density at radius 1 is 1.09 bits per heavy atom. The molecule has 174 valence electrons. The number of halogens is 2. The lowest BCUT2D eigenvalue weighted by molar-refractivity contribution is -0.123. The minimum atomic E-state index is -0.648. The maximum absolute atomic E-state index is 12.8. The van der Waals surface area contributed by atoms with Crippen LogP contribution < -0.4 is 4.74 Å². The molecule has 2 aromatic carbocycles. The van der Waals surface area contributed by atoms with Crippen molar-refractivity contribution in [2.24, 2.45) is 0 Å². The predicted octanol–water partition coefficient (Wildman–Crippen LogP) is 6.19. The second kappa shape index (κ2) is 10.4. The van der Waals surface area contributed by atoms with Gasteiger partial charge in [-0.1, -0.05) is 53.5 Å². The number of thioether (sulfide) groups is 1. The van der Waals surface area contributed by atoms with Crippen LogP contribution in [0.15, 0.2) is 63.9 Å². The first-order chi connectivity index (χ1) is 16.4. The number of rotatable bonds is 7. The van der Waals surface area contributed by atoms with Crippen molar-refractivity contribution in [3.05, 3.63) is 92.2 Å². The lowest BCUT2D eigenvalue weighted by Gasteiger charge is -2.11. The van der Waals surface area contributed by atoms with Crippen molar-refractivity contribution in [2.75, 3.05) is 7.11 Å². The quantitative estimate of drug-likeness (QED) is 0.272. The van der Waals surface area contributed by atoms with E-state index in [1.165, 1.54) is 25.3 Å². The average molecular weight is 518 g/mol. The summed E-state index contributed by atoms with van der Waals surface area (Å²) in [5.41, 5.74) is 1.50. The van der Waals surface area contributed by atoms with Crippen LogP contribution in [0.3, 0.4) is 0 Å². The van der Waals surface area contributed by atoms with Gasteiger partial charge in [0.05, 0.1) is 28.6 Å². The number of hydrogen-bond donors (Lipinski definition) is 0. The highest BCUT2D eigenvalue weighted by Gasteiger charge is 2.36. The molecule has 0 aliphatic carbocycles. The Morgan fingerprint density at radius 2 is 1.79 bits per heavy atom. The summed E-state index contributed by atoms with van der Waals surface area (Å²) in [7, 11) is 1.23. The molecule has 0 unspecified atom stereocenters. The minimum Gasteiger partial charge on any atom is -0.486 e. The number of ether oxygens (including phenoxy) is 2. The number of nitrogens with zero attached hydrogens (tertiary/aromatic N) is 1. The summed E-state index contributed by atoms with van der Waals surface area (Å²) in [6.07, 6.45) is 1.53. The molecule has 0 atom stereocenters. The van der Waals surface area contributed by atoms with Crippen LogP contribution >= 0.6 is 35.0 Å². The molecule has 0 saturated carbocycles. The van der Waals surface area contributed by atoms with E-state index in [0.717, 1.165) is 22.2 Å². The van der Waals surface area contributed by atoms with Crippen molar-refractivity contribution >= 4 is 58.2 Å². The molecule has 3 aromatic rings.